The molecule has 5 heteroatoms. The summed E-state index contributed by atoms with van der Waals surface area (Å²) in [5.74, 6) is 0.556. The molecule has 4 nitrogen and oxygen atoms in total. The third-order valence-corrected chi connectivity index (χ3v) is 4.11. The number of hydrogen-bond acceptors (Lipinski definition) is 4. The highest BCUT2D eigenvalue weighted by molar-refractivity contribution is 6.30. The molecule has 2 aliphatic heterocycles. The highest BCUT2D eigenvalue weighted by Gasteiger charge is 2.41. The van der Waals surface area contributed by atoms with Crippen LogP contribution in [0, 0.1) is 11.3 Å². The van der Waals surface area contributed by atoms with Gasteiger partial charge in [0.25, 0.3) is 0 Å². The Morgan fingerprint density at radius 1 is 1.40 bits per heavy atom. The number of halogens is 1. The minimum atomic E-state index is -0.200. The molecular weight excluding hydrogens is 278 g/mol. The first-order chi connectivity index (χ1) is 9.71. The molecule has 1 aromatic rings. The first-order valence-electron chi connectivity index (χ1n) is 6.79. The van der Waals surface area contributed by atoms with Crippen LogP contribution in [0.4, 0.5) is 0 Å². The van der Waals surface area contributed by atoms with Gasteiger partial charge in [0.15, 0.2) is 0 Å². The van der Waals surface area contributed by atoms with Crippen molar-refractivity contribution in [3.63, 3.8) is 0 Å². The van der Waals surface area contributed by atoms with E-state index in [0.29, 0.717) is 29.5 Å². The van der Waals surface area contributed by atoms with Gasteiger partial charge in [-0.25, -0.2) is 0 Å². The molecule has 2 unspecified atom stereocenters. The number of ether oxygens (including phenoxy) is 3. The highest BCUT2D eigenvalue weighted by atomic mass is 35.5. The van der Waals surface area contributed by atoms with Gasteiger partial charge in [-0.2, -0.15) is 5.26 Å². The first-order valence-corrected chi connectivity index (χ1v) is 7.17. The van der Waals surface area contributed by atoms with Gasteiger partial charge in [0.05, 0.1) is 24.4 Å². The molecule has 2 saturated heterocycles. The second kappa shape index (κ2) is 5.61. The SMILES string of the molecule is N#Cc1ccc(Cl)cc1OC1CCOC2(CCOC2)C1. The van der Waals surface area contributed by atoms with Crippen molar-refractivity contribution in [1.29, 1.82) is 5.26 Å². The van der Waals surface area contributed by atoms with Crippen molar-refractivity contribution in [2.75, 3.05) is 19.8 Å². The third-order valence-electron chi connectivity index (χ3n) is 3.87. The number of hydrogen-bond donors (Lipinski definition) is 0. The van der Waals surface area contributed by atoms with Crippen molar-refractivity contribution >= 4 is 11.6 Å². The van der Waals surface area contributed by atoms with Gasteiger partial charge in [-0.1, -0.05) is 11.6 Å². The van der Waals surface area contributed by atoms with E-state index in [4.69, 9.17) is 31.1 Å². The monoisotopic (exact) mass is 293 g/mol. The van der Waals surface area contributed by atoms with Crippen LogP contribution in [0.15, 0.2) is 18.2 Å². The Morgan fingerprint density at radius 3 is 3.05 bits per heavy atom. The van der Waals surface area contributed by atoms with Gasteiger partial charge in [0.2, 0.25) is 0 Å². The maximum atomic E-state index is 9.13. The summed E-state index contributed by atoms with van der Waals surface area (Å²) in [4.78, 5) is 0. The van der Waals surface area contributed by atoms with Crippen molar-refractivity contribution in [2.45, 2.75) is 31.0 Å². The summed E-state index contributed by atoms with van der Waals surface area (Å²) in [6, 6.07) is 7.22. The fourth-order valence-electron chi connectivity index (χ4n) is 2.81. The molecule has 1 aromatic carbocycles. The summed E-state index contributed by atoms with van der Waals surface area (Å²) >= 11 is 5.98. The average Bonchev–Trinajstić information content (AvgIpc) is 2.87. The lowest BCUT2D eigenvalue weighted by Crippen LogP contribution is -2.44. The zero-order valence-corrected chi connectivity index (χ0v) is 11.9. The van der Waals surface area contributed by atoms with Gasteiger partial charge in [-0.3, -0.25) is 0 Å². The molecule has 2 aliphatic rings. The topological polar surface area (TPSA) is 51.5 Å². The molecule has 0 radical (unpaired) electrons. The predicted octanol–water partition coefficient (Wildman–Crippen LogP) is 2.93. The average molecular weight is 294 g/mol. The van der Waals surface area contributed by atoms with E-state index in [1.165, 1.54) is 0 Å². The summed E-state index contributed by atoms with van der Waals surface area (Å²) < 4.78 is 17.3. The normalized spacial score (nSPS) is 29.3. The fourth-order valence-corrected chi connectivity index (χ4v) is 2.97. The largest absolute Gasteiger partial charge is 0.489 e. The van der Waals surface area contributed by atoms with Crippen LogP contribution >= 0.6 is 11.6 Å². The fraction of sp³-hybridized carbons (Fsp3) is 0.533. The lowest BCUT2D eigenvalue weighted by molar-refractivity contribution is -0.112. The van der Waals surface area contributed by atoms with Gasteiger partial charge in [-0.15, -0.1) is 0 Å². The molecule has 2 fully saturated rings. The van der Waals surface area contributed by atoms with Crippen LogP contribution in [0.2, 0.25) is 5.02 Å². The molecule has 3 rings (SSSR count). The number of benzene rings is 1. The van der Waals surface area contributed by atoms with Crippen LogP contribution in [0.25, 0.3) is 0 Å². The van der Waals surface area contributed by atoms with Crippen LogP contribution < -0.4 is 4.74 Å². The maximum absolute atomic E-state index is 9.13. The summed E-state index contributed by atoms with van der Waals surface area (Å²) in [6.45, 7) is 2.04. The summed E-state index contributed by atoms with van der Waals surface area (Å²) in [5.41, 5.74) is 0.312. The summed E-state index contributed by atoms with van der Waals surface area (Å²) in [5, 5.41) is 9.70. The quantitative estimate of drug-likeness (QED) is 0.841. The highest BCUT2D eigenvalue weighted by Crippen LogP contribution is 2.35. The van der Waals surface area contributed by atoms with E-state index in [-0.39, 0.29) is 11.7 Å². The van der Waals surface area contributed by atoms with Gasteiger partial charge in [0.1, 0.15) is 17.9 Å². The summed E-state index contributed by atoms with van der Waals surface area (Å²) in [7, 11) is 0. The van der Waals surface area contributed by atoms with Crippen LogP contribution in [-0.4, -0.2) is 31.5 Å². The zero-order chi connectivity index (χ0) is 14.0. The van der Waals surface area contributed by atoms with Gasteiger partial charge < -0.3 is 14.2 Å². The van der Waals surface area contributed by atoms with E-state index >= 15 is 0 Å². The first kappa shape index (κ1) is 13.7. The third kappa shape index (κ3) is 2.76. The van der Waals surface area contributed by atoms with E-state index in [1.54, 1.807) is 18.2 Å². The Labute approximate surface area is 123 Å². The lowest BCUT2D eigenvalue weighted by Gasteiger charge is -2.37. The van der Waals surface area contributed by atoms with Gasteiger partial charge >= 0.3 is 0 Å². The molecule has 1 spiro atoms. The molecule has 2 heterocycles. The number of nitrogens with zero attached hydrogens (tertiary/aromatic N) is 1. The van der Waals surface area contributed by atoms with Crippen molar-refractivity contribution < 1.29 is 14.2 Å². The van der Waals surface area contributed by atoms with E-state index in [1.807, 2.05) is 0 Å². The predicted molar refractivity (Wildman–Crippen MR) is 73.9 cm³/mol. The molecule has 20 heavy (non-hydrogen) atoms. The molecule has 0 saturated carbocycles. The zero-order valence-electron chi connectivity index (χ0n) is 11.1. The molecule has 106 valence electrons. The molecule has 0 N–H and O–H groups in total. The summed E-state index contributed by atoms with van der Waals surface area (Å²) in [6.07, 6.45) is 2.56. The van der Waals surface area contributed by atoms with Crippen LogP contribution in [0.3, 0.4) is 0 Å². The van der Waals surface area contributed by atoms with Gasteiger partial charge in [0, 0.05) is 37.0 Å². The minimum Gasteiger partial charge on any atom is -0.489 e. The van der Waals surface area contributed by atoms with Crippen molar-refractivity contribution in [2.24, 2.45) is 0 Å². The van der Waals surface area contributed by atoms with E-state index < -0.39 is 0 Å². The van der Waals surface area contributed by atoms with E-state index in [2.05, 4.69) is 6.07 Å². The number of nitriles is 1. The molecule has 0 bridgehead atoms. The van der Waals surface area contributed by atoms with Crippen molar-refractivity contribution in [1.82, 2.24) is 0 Å². The van der Waals surface area contributed by atoms with E-state index in [0.717, 1.165) is 25.9 Å². The Bertz CT molecular complexity index is 534. The Kier molecular flexibility index (Phi) is 3.84. The van der Waals surface area contributed by atoms with Crippen molar-refractivity contribution in [3.8, 4) is 11.8 Å². The van der Waals surface area contributed by atoms with Crippen molar-refractivity contribution in [3.05, 3.63) is 28.8 Å². The minimum absolute atomic E-state index is 0.0380. The molecule has 0 aromatic heterocycles. The van der Waals surface area contributed by atoms with E-state index in [9.17, 15) is 0 Å². The van der Waals surface area contributed by atoms with Crippen LogP contribution in [0.5, 0.6) is 5.75 Å². The molecule has 2 atom stereocenters. The number of rotatable bonds is 2. The molecule has 0 amide bonds. The Morgan fingerprint density at radius 2 is 2.30 bits per heavy atom. The second-order valence-corrected chi connectivity index (χ2v) is 5.76. The second-order valence-electron chi connectivity index (χ2n) is 5.32. The smallest absolute Gasteiger partial charge is 0.138 e. The Balaban J connectivity index is 1.74. The van der Waals surface area contributed by atoms with Gasteiger partial charge in [-0.05, 0) is 12.1 Å². The molecule has 0 aliphatic carbocycles. The standard InChI is InChI=1S/C15H16ClNO3/c16-12-2-1-11(9-17)14(7-12)20-13-3-5-19-15(8-13)4-6-18-10-15/h1-2,7,13H,3-6,8,10H2. The maximum Gasteiger partial charge on any atom is 0.138 e. The molecular formula is C15H16ClNO3. The lowest BCUT2D eigenvalue weighted by atomic mass is 9.91. The van der Waals surface area contributed by atoms with Crippen LogP contribution in [-0.2, 0) is 9.47 Å². The van der Waals surface area contributed by atoms with Crippen LogP contribution in [0.1, 0.15) is 24.8 Å². The Hall–Kier alpha value is -1.28.